The highest BCUT2D eigenvalue weighted by atomic mass is 79.9. The van der Waals surface area contributed by atoms with Gasteiger partial charge in [-0.3, -0.25) is 4.84 Å². The van der Waals surface area contributed by atoms with Crippen LogP contribution < -0.4 is 0 Å². The number of aryl methyl sites for hydroxylation is 1. The lowest BCUT2D eigenvalue weighted by Crippen LogP contribution is -2.17. The maximum atomic E-state index is 5.72. The lowest BCUT2D eigenvalue weighted by atomic mass is 9.98. The Balaban J connectivity index is 2.21. The third kappa shape index (κ3) is 2.25. The normalized spacial score (nSPS) is 27.1. The van der Waals surface area contributed by atoms with E-state index in [4.69, 9.17) is 4.84 Å². The number of hydroxylamine groups is 2. The summed E-state index contributed by atoms with van der Waals surface area (Å²) in [6, 6.07) is 8.92. The van der Waals surface area contributed by atoms with Crippen molar-refractivity contribution in [3.63, 3.8) is 0 Å². The largest absolute Gasteiger partial charge is 0.294 e. The van der Waals surface area contributed by atoms with Gasteiger partial charge in [-0.2, -0.15) is 5.06 Å². The Hall–Kier alpha value is -0.380. The second-order valence-corrected chi connectivity index (χ2v) is 4.68. The van der Waals surface area contributed by atoms with Crippen LogP contribution in [0.5, 0.6) is 0 Å². The van der Waals surface area contributed by atoms with Crippen molar-refractivity contribution in [2.24, 2.45) is 0 Å². The fourth-order valence-electron chi connectivity index (χ4n) is 2.12. The minimum absolute atomic E-state index is 0.305. The monoisotopic (exact) mass is 269 g/mol. The smallest absolute Gasteiger partial charge is 0.0908 e. The molecule has 1 saturated heterocycles. The predicted octanol–water partition coefficient (Wildman–Crippen LogP) is 3.07. The van der Waals surface area contributed by atoms with Gasteiger partial charge in [0.1, 0.15) is 0 Å². The Morgan fingerprint density at radius 3 is 2.80 bits per heavy atom. The van der Waals surface area contributed by atoms with Gasteiger partial charge in [0, 0.05) is 12.4 Å². The molecule has 0 bridgehead atoms. The molecule has 2 nitrogen and oxygen atoms in total. The van der Waals surface area contributed by atoms with Crippen LogP contribution in [0.3, 0.4) is 0 Å². The Bertz CT molecular complexity index is 342. The Morgan fingerprint density at radius 1 is 1.47 bits per heavy atom. The Labute approximate surface area is 99.3 Å². The van der Waals surface area contributed by atoms with E-state index in [0.29, 0.717) is 12.1 Å². The molecular weight excluding hydrogens is 254 g/mol. The van der Waals surface area contributed by atoms with Gasteiger partial charge in [-0.15, -0.1) is 0 Å². The van der Waals surface area contributed by atoms with E-state index in [0.717, 1.165) is 11.8 Å². The molecule has 0 radical (unpaired) electrons. The van der Waals surface area contributed by atoms with Crippen LogP contribution in [0.2, 0.25) is 0 Å². The van der Waals surface area contributed by atoms with Crippen molar-refractivity contribution < 1.29 is 4.84 Å². The van der Waals surface area contributed by atoms with Crippen molar-refractivity contribution in [1.82, 2.24) is 5.06 Å². The van der Waals surface area contributed by atoms with Crippen LogP contribution in [0.25, 0.3) is 0 Å². The summed E-state index contributed by atoms with van der Waals surface area (Å²) < 4.78 is 0. The highest BCUT2D eigenvalue weighted by Crippen LogP contribution is 2.34. The number of benzene rings is 1. The minimum Gasteiger partial charge on any atom is -0.294 e. The SMILES string of the molecule is Cc1ccccc1C1CC(CBr)ON1C. The van der Waals surface area contributed by atoms with E-state index in [-0.39, 0.29) is 0 Å². The van der Waals surface area contributed by atoms with Gasteiger partial charge in [-0.05, 0) is 24.5 Å². The molecular formula is C12H16BrNO. The van der Waals surface area contributed by atoms with E-state index in [1.165, 1.54) is 11.1 Å². The van der Waals surface area contributed by atoms with E-state index >= 15 is 0 Å². The molecule has 0 spiro atoms. The number of nitrogens with zero attached hydrogens (tertiary/aromatic N) is 1. The van der Waals surface area contributed by atoms with Crippen LogP contribution in [-0.4, -0.2) is 23.5 Å². The molecule has 1 aliphatic rings. The van der Waals surface area contributed by atoms with Gasteiger partial charge in [0.2, 0.25) is 0 Å². The molecule has 82 valence electrons. The Morgan fingerprint density at radius 2 is 2.20 bits per heavy atom. The number of alkyl halides is 1. The zero-order chi connectivity index (χ0) is 10.8. The zero-order valence-electron chi connectivity index (χ0n) is 9.11. The van der Waals surface area contributed by atoms with Crippen molar-refractivity contribution in [2.45, 2.75) is 25.5 Å². The number of rotatable bonds is 2. The summed E-state index contributed by atoms with van der Waals surface area (Å²) in [5, 5.41) is 2.88. The van der Waals surface area contributed by atoms with Crippen molar-refractivity contribution in [2.75, 3.05) is 12.4 Å². The van der Waals surface area contributed by atoms with E-state index in [1.54, 1.807) is 0 Å². The van der Waals surface area contributed by atoms with E-state index < -0.39 is 0 Å². The summed E-state index contributed by atoms with van der Waals surface area (Å²) in [4.78, 5) is 5.72. The van der Waals surface area contributed by atoms with Crippen LogP contribution in [0.1, 0.15) is 23.6 Å². The second kappa shape index (κ2) is 4.64. The molecule has 2 atom stereocenters. The average Bonchev–Trinajstić information content (AvgIpc) is 2.60. The summed E-state index contributed by atoms with van der Waals surface area (Å²) in [5.41, 5.74) is 2.72. The van der Waals surface area contributed by atoms with E-state index in [9.17, 15) is 0 Å². The van der Waals surface area contributed by atoms with Gasteiger partial charge in [0.25, 0.3) is 0 Å². The fourth-order valence-corrected chi connectivity index (χ4v) is 2.51. The molecule has 15 heavy (non-hydrogen) atoms. The molecule has 0 amide bonds. The highest BCUT2D eigenvalue weighted by molar-refractivity contribution is 9.09. The first-order valence-electron chi connectivity index (χ1n) is 5.23. The van der Waals surface area contributed by atoms with Gasteiger partial charge >= 0.3 is 0 Å². The summed E-state index contributed by atoms with van der Waals surface area (Å²) in [6.07, 6.45) is 1.37. The van der Waals surface area contributed by atoms with Crippen molar-refractivity contribution in [3.8, 4) is 0 Å². The third-order valence-electron chi connectivity index (χ3n) is 2.96. The second-order valence-electron chi connectivity index (χ2n) is 4.04. The third-order valence-corrected chi connectivity index (χ3v) is 3.68. The summed E-state index contributed by atoms with van der Waals surface area (Å²) in [6.45, 7) is 2.16. The van der Waals surface area contributed by atoms with Crippen molar-refractivity contribution >= 4 is 15.9 Å². The minimum atomic E-state index is 0.305. The molecule has 0 aliphatic carbocycles. The zero-order valence-corrected chi connectivity index (χ0v) is 10.7. The van der Waals surface area contributed by atoms with Gasteiger partial charge in [-0.1, -0.05) is 40.2 Å². The Kier molecular flexibility index (Phi) is 3.44. The van der Waals surface area contributed by atoms with E-state index in [2.05, 4.69) is 47.1 Å². The first-order valence-corrected chi connectivity index (χ1v) is 6.35. The number of halogens is 1. The maximum Gasteiger partial charge on any atom is 0.0908 e. The molecule has 1 aliphatic heterocycles. The number of hydrogen-bond donors (Lipinski definition) is 0. The first kappa shape index (κ1) is 11.1. The number of hydrogen-bond acceptors (Lipinski definition) is 2. The van der Waals surface area contributed by atoms with Gasteiger partial charge in [0.15, 0.2) is 0 Å². The van der Waals surface area contributed by atoms with Gasteiger partial charge < -0.3 is 0 Å². The average molecular weight is 270 g/mol. The molecule has 0 saturated carbocycles. The lowest BCUT2D eigenvalue weighted by molar-refractivity contribution is -0.137. The maximum absolute atomic E-state index is 5.72. The molecule has 1 fully saturated rings. The van der Waals surface area contributed by atoms with E-state index in [1.807, 2.05) is 12.1 Å². The van der Waals surface area contributed by atoms with Crippen molar-refractivity contribution in [1.29, 1.82) is 0 Å². The quantitative estimate of drug-likeness (QED) is 0.766. The molecule has 1 heterocycles. The van der Waals surface area contributed by atoms with Crippen LogP contribution >= 0.6 is 15.9 Å². The molecule has 0 aromatic heterocycles. The van der Waals surface area contributed by atoms with Gasteiger partial charge in [-0.25, -0.2) is 0 Å². The topological polar surface area (TPSA) is 12.5 Å². The van der Waals surface area contributed by atoms with Crippen LogP contribution in [0.15, 0.2) is 24.3 Å². The summed E-state index contributed by atoms with van der Waals surface area (Å²) >= 11 is 3.47. The molecule has 0 N–H and O–H groups in total. The van der Waals surface area contributed by atoms with Crippen molar-refractivity contribution in [3.05, 3.63) is 35.4 Å². The lowest BCUT2D eigenvalue weighted by Gasteiger charge is -2.19. The standard InChI is InChI=1S/C12H16BrNO/c1-9-5-3-4-6-11(9)12-7-10(8-13)15-14(12)2/h3-6,10,12H,7-8H2,1-2H3. The first-order chi connectivity index (χ1) is 7.22. The summed E-state index contributed by atoms with van der Waals surface area (Å²) in [5.74, 6) is 0. The van der Waals surface area contributed by atoms with Crippen LogP contribution in [-0.2, 0) is 4.84 Å². The highest BCUT2D eigenvalue weighted by Gasteiger charge is 2.31. The molecule has 1 aromatic rings. The van der Waals surface area contributed by atoms with Crippen LogP contribution in [0, 0.1) is 6.92 Å². The molecule has 1 aromatic carbocycles. The molecule has 3 heteroatoms. The van der Waals surface area contributed by atoms with Gasteiger partial charge in [0.05, 0.1) is 12.1 Å². The fraction of sp³-hybridized carbons (Fsp3) is 0.500. The molecule has 2 rings (SSSR count). The van der Waals surface area contributed by atoms with Crippen LogP contribution in [0.4, 0.5) is 0 Å². The predicted molar refractivity (Wildman–Crippen MR) is 65.0 cm³/mol. The summed E-state index contributed by atoms with van der Waals surface area (Å²) in [7, 11) is 2.01. The molecule has 2 unspecified atom stereocenters.